The number of thiophene rings is 1. The van der Waals surface area contributed by atoms with Crippen LogP contribution in [-0.2, 0) is 6.42 Å². The first kappa shape index (κ1) is 12.6. The van der Waals surface area contributed by atoms with Crippen molar-refractivity contribution < 1.29 is 0 Å². The lowest BCUT2D eigenvalue weighted by molar-refractivity contribution is 0.710. The predicted molar refractivity (Wildman–Crippen MR) is 74.9 cm³/mol. The molecule has 17 heavy (non-hydrogen) atoms. The summed E-state index contributed by atoms with van der Waals surface area (Å²) in [6.45, 7) is 4.31. The molecule has 2 unspecified atom stereocenters. The molecule has 0 saturated heterocycles. The Morgan fingerprint density at radius 2 is 2.18 bits per heavy atom. The van der Waals surface area contributed by atoms with E-state index in [0.717, 1.165) is 12.1 Å². The van der Waals surface area contributed by atoms with Crippen molar-refractivity contribution >= 4 is 22.9 Å². The van der Waals surface area contributed by atoms with Gasteiger partial charge in [0, 0.05) is 22.7 Å². The minimum Gasteiger partial charge on any atom is -0.261 e. The average Bonchev–Trinajstić information content (AvgIpc) is 2.86. The maximum Gasteiger partial charge on any atom is 0.0762 e. The highest BCUT2D eigenvalue weighted by Gasteiger charge is 2.22. The molecular formula is C14H16ClNS. The standard InChI is InChI=1S/C14H16ClNS/c1-3-11-7-9-17-14(11)13(15)10(2)12-6-4-5-8-16-12/h4-10,13H,3H2,1-2H3. The summed E-state index contributed by atoms with van der Waals surface area (Å²) in [5, 5.41) is 2.13. The second-order valence-electron chi connectivity index (χ2n) is 4.11. The lowest BCUT2D eigenvalue weighted by atomic mass is 9.99. The Hall–Kier alpha value is -0.860. The van der Waals surface area contributed by atoms with E-state index in [4.69, 9.17) is 11.6 Å². The summed E-state index contributed by atoms with van der Waals surface area (Å²) < 4.78 is 0. The molecule has 0 N–H and O–H groups in total. The molecule has 0 spiro atoms. The molecule has 0 aromatic carbocycles. The van der Waals surface area contributed by atoms with E-state index in [1.807, 2.05) is 24.4 Å². The Labute approximate surface area is 111 Å². The van der Waals surface area contributed by atoms with Crippen molar-refractivity contribution in [1.82, 2.24) is 4.98 Å². The van der Waals surface area contributed by atoms with Gasteiger partial charge in [0.25, 0.3) is 0 Å². The van der Waals surface area contributed by atoms with Gasteiger partial charge in [-0.25, -0.2) is 0 Å². The Bertz CT molecular complexity index is 466. The fourth-order valence-electron chi connectivity index (χ4n) is 1.90. The van der Waals surface area contributed by atoms with E-state index < -0.39 is 0 Å². The third kappa shape index (κ3) is 2.70. The Kier molecular flexibility index (Phi) is 4.19. The highest BCUT2D eigenvalue weighted by Crippen LogP contribution is 2.39. The highest BCUT2D eigenvalue weighted by molar-refractivity contribution is 7.10. The molecule has 0 aliphatic carbocycles. The maximum absolute atomic E-state index is 6.59. The number of hydrogen-bond acceptors (Lipinski definition) is 2. The van der Waals surface area contributed by atoms with E-state index in [1.165, 1.54) is 10.4 Å². The van der Waals surface area contributed by atoms with Gasteiger partial charge in [-0.2, -0.15) is 0 Å². The summed E-state index contributed by atoms with van der Waals surface area (Å²) in [7, 11) is 0. The molecule has 3 heteroatoms. The van der Waals surface area contributed by atoms with Gasteiger partial charge in [0.1, 0.15) is 0 Å². The van der Waals surface area contributed by atoms with E-state index >= 15 is 0 Å². The Balaban J connectivity index is 2.23. The quantitative estimate of drug-likeness (QED) is 0.725. The van der Waals surface area contributed by atoms with Crippen LogP contribution in [0, 0.1) is 0 Å². The molecule has 0 aliphatic heterocycles. The van der Waals surface area contributed by atoms with Crippen LogP contribution in [0.25, 0.3) is 0 Å². The fourth-order valence-corrected chi connectivity index (χ4v) is 3.40. The Morgan fingerprint density at radius 3 is 2.82 bits per heavy atom. The van der Waals surface area contributed by atoms with Gasteiger partial charge < -0.3 is 0 Å². The lowest BCUT2D eigenvalue weighted by Gasteiger charge is -2.17. The van der Waals surface area contributed by atoms with Gasteiger partial charge in [-0.15, -0.1) is 22.9 Å². The number of nitrogens with zero attached hydrogens (tertiary/aromatic N) is 1. The molecule has 1 nitrogen and oxygen atoms in total. The fraction of sp³-hybridized carbons (Fsp3) is 0.357. The molecule has 0 aliphatic rings. The van der Waals surface area contributed by atoms with E-state index in [1.54, 1.807) is 11.3 Å². The first-order valence-electron chi connectivity index (χ1n) is 5.85. The van der Waals surface area contributed by atoms with Crippen molar-refractivity contribution in [2.24, 2.45) is 0 Å². The van der Waals surface area contributed by atoms with Crippen LogP contribution in [0.4, 0.5) is 0 Å². The van der Waals surface area contributed by atoms with Gasteiger partial charge in [0.2, 0.25) is 0 Å². The molecular weight excluding hydrogens is 250 g/mol. The predicted octanol–water partition coefficient (Wildman–Crippen LogP) is 4.79. The normalized spacial score (nSPS) is 14.5. The van der Waals surface area contributed by atoms with Crippen molar-refractivity contribution in [3.63, 3.8) is 0 Å². The molecule has 2 aromatic rings. The summed E-state index contributed by atoms with van der Waals surface area (Å²) in [4.78, 5) is 5.67. The molecule has 90 valence electrons. The number of aromatic nitrogens is 1. The number of hydrogen-bond donors (Lipinski definition) is 0. The molecule has 0 saturated carbocycles. The smallest absolute Gasteiger partial charge is 0.0762 e. The van der Waals surface area contributed by atoms with Crippen LogP contribution in [0.1, 0.15) is 41.3 Å². The van der Waals surface area contributed by atoms with Crippen LogP contribution in [0.5, 0.6) is 0 Å². The monoisotopic (exact) mass is 265 g/mol. The number of halogens is 1. The van der Waals surface area contributed by atoms with Crippen molar-refractivity contribution in [1.29, 1.82) is 0 Å². The maximum atomic E-state index is 6.59. The zero-order chi connectivity index (χ0) is 12.3. The molecule has 2 aromatic heterocycles. The molecule has 2 rings (SSSR count). The SMILES string of the molecule is CCc1ccsc1C(Cl)C(C)c1ccccn1. The molecule has 0 fully saturated rings. The molecule has 0 bridgehead atoms. The molecule has 2 heterocycles. The number of pyridine rings is 1. The van der Waals surface area contributed by atoms with Gasteiger partial charge >= 0.3 is 0 Å². The van der Waals surface area contributed by atoms with Gasteiger partial charge in [0.15, 0.2) is 0 Å². The zero-order valence-corrected chi connectivity index (χ0v) is 11.6. The van der Waals surface area contributed by atoms with E-state index in [-0.39, 0.29) is 11.3 Å². The van der Waals surface area contributed by atoms with Crippen LogP contribution in [-0.4, -0.2) is 4.98 Å². The second kappa shape index (κ2) is 5.65. The van der Waals surface area contributed by atoms with E-state index in [2.05, 4.69) is 30.3 Å². The topological polar surface area (TPSA) is 12.9 Å². The van der Waals surface area contributed by atoms with Crippen LogP contribution in [0.2, 0.25) is 0 Å². The highest BCUT2D eigenvalue weighted by atomic mass is 35.5. The molecule has 0 amide bonds. The minimum atomic E-state index is 0.0137. The first-order valence-corrected chi connectivity index (χ1v) is 7.17. The van der Waals surface area contributed by atoms with Crippen molar-refractivity contribution in [3.05, 3.63) is 52.0 Å². The minimum absolute atomic E-state index is 0.0137. The lowest BCUT2D eigenvalue weighted by Crippen LogP contribution is -2.04. The summed E-state index contributed by atoms with van der Waals surface area (Å²) in [6.07, 6.45) is 2.86. The average molecular weight is 266 g/mol. The number of rotatable bonds is 4. The molecule has 0 radical (unpaired) electrons. The van der Waals surface area contributed by atoms with Crippen molar-refractivity contribution in [3.8, 4) is 0 Å². The van der Waals surface area contributed by atoms with Crippen LogP contribution >= 0.6 is 22.9 Å². The summed E-state index contributed by atoms with van der Waals surface area (Å²) in [6, 6.07) is 8.15. The number of alkyl halides is 1. The largest absolute Gasteiger partial charge is 0.261 e. The van der Waals surface area contributed by atoms with Gasteiger partial charge in [0.05, 0.1) is 5.38 Å². The third-order valence-corrected chi connectivity index (χ3v) is 4.77. The summed E-state index contributed by atoms with van der Waals surface area (Å²) in [5.41, 5.74) is 2.42. The van der Waals surface area contributed by atoms with Gasteiger partial charge in [-0.1, -0.05) is 19.9 Å². The van der Waals surface area contributed by atoms with Crippen molar-refractivity contribution in [2.45, 2.75) is 31.6 Å². The summed E-state index contributed by atoms with van der Waals surface area (Å²) in [5.74, 6) is 0.238. The second-order valence-corrected chi connectivity index (χ2v) is 5.53. The zero-order valence-electron chi connectivity index (χ0n) is 10.1. The van der Waals surface area contributed by atoms with E-state index in [9.17, 15) is 0 Å². The van der Waals surface area contributed by atoms with E-state index in [0.29, 0.717) is 0 Å². The van der Waals surface area contributed by atoms with Crippen LogP contribution < -0.4 is 0 Å². The Morgan fingerprint density at radius 1 is 1.35 bits per heavy atom. The van der Waals surface area contributed by atoms with Crippen LogP contribution in [0.3, 0.4) is 0 Å². The van der Waals surface area contributed by atoms with Crippen molar-refractivity contribution in [2.75, 3.05) is 0 Å². The number of aryl methyl sites for hydroxylation is 1. The summed E-state index contributed by atoms with van der Waals surface area (Å²) >= 11 is 8.33. The molecule has 2 atom stereocenters. The van der Waals surface area contributed by atoms with Gasteiger partial charge in [-0.3, -0.25) is 4.98 Å². The third-order valence-electron chi connectivity index (χ3n) is 3.01. The van der Waals surface area contributed by atoms with Crippen LogP contribution in [0.15, 0.2) is 35.8 Å². The van der Waals surface area contributed by atoms with Gasteiger partial charge in [-0.05, 0) is 35.6 Å². The first-order chi connectivity index (χ1) is 8.24.